The molecule has 1 saturated heterocycles. The average Bonchev–Trinajstić information content (AvgIpc) is 2.97. The molecule has 1 aliphatic carbocycles. The fourth-order valence-electron chi connectivity index (χ4n) is 2.47. The van der Waals surface area contributed by atoms with Crippen LogP contribution in [0.4, 0.5) is 0 Å². The Morgan fingerprint density at radius 2 is 1.67 bits per heavy atom. The molecule has 1 unspecified atom stereocenters. The molecule has 1 N–H and O–H groups in total. The molecule has 0 aromatic heterocycles. The highest BCUT2D eigenvalue weighted by molar-refractivity contribution is 4.83. The van der Waals surface area contributed by atoms with Gasteiger partial charge in [-0.25, -0.2) is 0 Å². The molecule has 0 amide bonds. The topological polar surface area (TPSA) is 15.3 Å². The van der Waals surface area contributed by atoms with Crippen molar-refractivity contribution in [2.45, 2.75) is 64.0 Å². The van der Waals surface area contributed by atoms with Gasteiger partial charge in [0.25, 0.3) is 0 Å². The van der Waals surface area contributed by atoms with Crippen LogP contribution in [0.2, 0.25) is 0 Å². The molecule has 2 nitrogen and oxygen atoms in total. The SMILES string of the molecule is CC(CNC1CC1)N1CCCCCCC1. The monoisotopic (exact) mass is 210 g/mol. The van der Waals surface area contributed by atoms with Crippen molar-refractivity contribution >= 4 is 0 Å². The summed E-state index contributed by atoms with van der Waals surface area (Å²) in [4.78, 5) is 2.69. The van der Waals surface area contributed by atoms with Crippen LogP contribution in [-0.2, 0) is 0 Å². The van der Waals surface area contributed by atoms with Gasteiger partial charge in [-0.1, -0.05) is 19.3 Å². The molecular formula is C13H26N2. The summed E-state index contributed by atoms with van der Waals surface area (Å²) in [6, 6.07) is 1.60. The van der Waals surface area contributed by atoms with Gasteiger partial charge in [-0.05, 0) is 45.7 Å². The zero-order valence-electron chi connectivity index (χ0n) is 10.2. The largest absolute Gasteiger partial charge is 0.312 e. The van der Waals surface area contributed by atoms with Gasteiger partial charge >= 0.3 is 0 Å². The first-order valence-electron chi connectivity index (χ1n) is 6.83. The third-order valence-corrected chi connectivity index (χ3v) is 3.79. The van der Waals surface area contributed by atoms with Crippen molar-refractivity contribution in [1.82, 2.24) is 10.2 Å². The summed E-state index contributed by atoms with van der Waals surface area (Å²) in [5.74, 6) is 0. The Hall–Kier alpha value is -0.0800. The fourth-order valence-corrected chi connectivity index (χ4v) is 2.47. The average molecular weight is 210 g/mol. The molecule has 0 radical (unpaired) electrons. The van der Waals surface area contributed by atoms with E-state index in [-0.39, 0.29) is 0 Å². The van der Waals surface area contributed by atoms with Gasteiger partial charge in [-0.3, -0.25) is 4.90 Å². The Kier molecular flexibility index (Phi) is 4.45. The van der Waals surface area contributed by atoms with E-state index >= 15 is 0 Å². The van der Waals surface area contributed by atoms with Crippen molar-refractivity contribution < 1.29 is 0 Å². The molecule has 1 saturated carbocycles. The Labute approximate surface area is 94.4 Å². The van der Waals surface area contributed by atoms with Crippen LogP contribution < -0.4 is 5.32 Å². The highest BCUT2D eigenvalue weighted by Crippen LogP contribution is 2.19. The molecule has 2 heteroatoms. The van der Waals surface area contributed by atoms with Crippen molar-refractivity contribution in [2.75, 3.05) is 19.6 Å². The van der Waals surface area contributed by atoms with E-state index in [1.165, 1.54) is 64.6 Å². The second kappa shape index (κ2) is 5.86. The lowest BCUT2D eigenvalue weighted by molar-refractivity contribution is 0.186. The van der Waals surface area contributed by atoms with Crippen LogP contribution in [0.15, 0.2) is 0 Å². The van der Waals surface area contributed by atoms with E-state index in [0.717, 1.165) is 12.1 Å². The third-order valence-electron chi connectivity index (χ3n) is 3.79. The van der Waals surface area contributed by atoms with E-state index in [9.17, 15) is 0 Å². The molecule has 0 spiro atoms. The third kappa shape index (κ3) is 4.12. The van der Waals surface area contributed by atoms with Crippen LogP contribution in [0.3, 0.4) is 0 Å². The van der Waals surface area contributed by atoms with Gasteiger partial charge in [-0.15, -0.1) is 0 Å². The Bertz CT molecular complexity index is 169. The summed E-state index contributed by atoms with van der Waals surface area (Å²) in [6.45, 7) is 6.24. The number of rotatable bonds is 4. The fraction of sp³-hybridized carbons (Fsp3) is 1.00. The smallest absolute Gasteiger partial charge is 0.0192 e. The van der Waals surface area contributed by atoms with Crippen LogP contribution in [0.25, 0.3) is 0 Å². The van der Waals surface area contributed by atoms with Crippen molar-refractivity contribution in [3.05, 3.63) is 0 Å². The Morgan fingerprint density at radius 1 is 1.07 bits per heavy atom. The lowest BCUT2D eigenvalue weighted by atomic mass is 10.1. The normalized spacial score (nSPS) is 27.0. The standard InChI is InChI=1S/C13H26N2/c1-12(11-14-13-7-8-13)15-9-5-3-2-4-6-10-15/h12-14H,2-11H2,1H3. The molecule has 88 valence electrons. The molecule has 0 aromatic carbocycles. The highest BCUT2D eigenvalue weighted by Gasteiger charge is 2.22. The van der Waals surface area contributed by atoms with Crippen molar-refractivity contribution in [3.63, 3.8) is 0 Å². The zero-order chi connectivity index (χ0) is 10.5. The van der Waals surface area contributed by atoms with Crippen LogP contribution in [0.1, 0.15) is 51.9 Å². The van der Waals surface area contributed by atoms with Gasteiger partial charge in [0.1, 0.15) is 0 Å². The van der Waals surface area contributed by atoms with E-state index < -0.39 is 0 Å². The van der Waals surface area contributed by atoms with Gasteiger partial charge in [-0.2, -0.15) is 0 Å². The molecule has 0 bridgehead atoms. The minimum atomic E-state index is 0.740. The summed E-state index contributed by atoms with van der Waals surface area (Å²) in [5, 5.41) is 3.65. The zero-order valence-corrected chi connectivity index (χ0v) is 10.2. The summed E-state index contributed by atoms with van der Waals surface area (Å²) in [6.07, 6.45) is 9.99. The molecule has 2 rings (SSSR count). The van der Waals surface area contributed by atoms with E-state index in [4.69, 9.17) is 0 Å². The molecular weight excluding hydrogens is 184 g/mol. The lowest BCUT2D eigenvalue weighted by Gasteiger charge is -2.30. The molecule has 0 aromatic rings. The van der Waals surface area contributed by atoms with Crippen molar-refractivity contribution in [2.24, 2.45) is 0 Å². The van der Waals surface area contributed by atoms with Crippen LogP contribution in [-0.4, -0.2) is 36.6 Å². The first kappa shape index (κ1) is 11.4. The Morgan fingerprint density at radius 3 is 2.27 bits per heavy atom. The summed E-state index contributed by atoms with van der Waals surface area (Å²) in [7, 11) is 0. The number of hydrogen-bond acceptors (Lipinski definition) is 2. The number of nitrogens with one attached hydrogen (secondary N) is 1. The maximum Gasteiger partial charge on any atom is 0.0192 e. The Balaban J connectivity index is 1.67. The molecule has 1 atom stereocenters. The molecule has 1 heterocycles. The number of hydrogen-bond donors (Lipinski definition) is 1. The van der Waals surface area contributed by atoms with E-state index in [2.05, 4.69) is 17.1 Å². The molecule has 2 aliphatic rings. The van der Waals surface area contributed by atoms with E-state index in [1.54, 1.807) is 0 Å². The minimum absolute atomic E-state index is 0.740. The van der Waals surface area contributed by atoms with Crippen molar-refractivity contribution in [3.8, 4) is 0 Å². The number of nitrogens with zero attached hydrogens (tertiary/aromatic N) is 1. The van der Waals surface area contributed by atoms with Gasteiger partial charge in [0.05, 0.1) is 0 Å². The number of likely N-dealkylation sites (tertiary alicyclic amines) is 1. The maximum absolute atomic E-state index is 3.65. The second-order valence-corrected chi connectivity index (χ2v) is 5.34. The molecule has 1 aliphatic heterocycles. The summed E-state index contributed by atoms with van der Waals surface area (Å²) in [5.41, 5.74) is 0. The van der Waals surface area contributed by atoms with Crippen molar-refractivity contribution in [1.29, 1.82) is 0 Å². The highest BCUT2D eigenvalue weighted by atomic mass is 15.2. The lowest BCUT2D eigenvalue weighted by Crippen LogP contribution is -2.42. The summed E-state index contributed by atoms with van der Waals surface area (Å²) < 4.78 is 0. The maximum atomic E-state index is 3.65. The van der Waals surface area contributed by atoms with Gasteiger partial charge in [0, 0.05) is 18.6 Å². The first-order chi connectivity index (χ1) is 7.36. The molecule has 2 fully saturated rings. The van der Waals surface area contributed by atoms with Crippen LogP contribution in [0, 0.1) is 0 Å². The summed E-state index contributed by atoms with van der Waals surface area (Å²) >= 11 is 0. The predicted octanol–water partition coefficient (Wildman–Crippen LogP) is 2.39. The quantitative estimate of drug-likeness (QED) is 0.766. The minimum Gasteiger partial charge on any atom is -0.312 e. The van der Waals surface area contributed by atoms with Crippen LogP contribution >= 0.6 is 0 Å². The van der Waals surface area contributed by atoms with E-state index in [0.29, 0.717) is 0 Å². The van der Waals surface area contributed by atoms with Gasteiger partial charge in [0.15, 0.2) is 0 Å². The van der Waals surface area contributed by atoms with E-state index in [1.807, 2.05) is 0 Å². The van der Waals surface area contributed by atoms with Gasteiger partial charge < -0.3 is 5.32 Å². The molecule has 15 heavy (non-hydrogen) atoms. The second-order valence-electron chi connectivity index (χ2n) is 5.34. The van der Waals surface area contributed by atoms with Crippen LogP contribution in [0.5, 0.6) is 0 Å². The predicted molar refractivity (Wildman–Crippen MR) is 65.1 cm³/mol. The first-order valence-corrected chi connectivity index (χ1v) is 6.83. The van der Waals surface area contributed by atoms with Gasteiger partial charge in [0.2, 0.25) is 0 Å².